The van der Waals surface area contributed by atoms with Gasteiger partial charge in [0, 0.05) is 18.5 Å². The van der Waals surface area contributed by atoms with E-state index in [2.05, 4.69) is 29.3 Å². The number of aromatic nitrogens is 4. The van der Waals surface area contributed by atoms with Gasteiger partial charge in [0.05, 0.1) is 18.5 Å². The molecule has 4 heterocycles. The van der Waals surface area contributed by atoms with E-state index >= 15 is 0 Å². The standard InChI is InChI=1S/C23H30N6O/c1-3-19-20-22(29(27-19)17-7-5-4-6-8-17)25-21(26-23(20)30-2)16-10-13-28(14-11-16)18-9-12-24-15-18/h4-8,16,18,24H,3,9-15H2,1-2H3. The zero-order chi connectivity index (χ0) is 20.5. The van der Waals surface area contributed by atoms with Crippen LogP contribution >= 0.6 is 0 Å². The second-order valence-electron chi connectivity index (χ2n) is 8.29. The molecule has 1 atom stereocenters. The van der Waals surface area contributed by atoms with Crippen molar-refractivity contribution >= 4 is 11.0 Å². The number of likely N-dealkylation sites (tertiary alicyclic amines) is 1. The molecule has 0 radical (unpaired) electrons. The van der Waals surface area contributed by atoms with E-state index in [0.29, 0.717) is 17.8 Å². The molecular formula is C23H30N6O. The lowest BCUT2D eigenvalue weighted by molar-refractivity contribution is 0.159. The summed E-state index contributed by atoms with van der Waals surface area (Å²) in [6.45, 7) is 6.59. The first-order chi connectivity index (χ1) is 14.8. The lowest BCUT2D eigenvalue weighted by Crippen LogP contribution is -2.42. The topological polar surface area (TPSA) is 68.1 Å². The summed E-state index contributed by atoms with van der Waals surface area (Å²) in [7, 11) is 1.69. The molecule has 2 fully saturated rings. The van der Waals surface area contributed by atoms with Crippen LogP contribution in [0.1, 0.15) is 43.6 Å². The minimum Gasteiger partial charge on any atom is -0.480 e. The lowest BCUT2D eigenvalue weighted by Gasteiger charge is -2.35. The third-order valence-corrected chi connectivity index (χ3v) is 6.56. The van der Waals surface area contributed by atoms with E-state index < -0.39 is 0 Å². The Balaban J connectivity index is 1.50. The summed E-state index contributed by atoms with van der Waals surface area (Å²) < 4.78 is 7.68. The highest BCUT2D eigenvalue weighted by Crippen LogP contribution is 2.33. The summed E-state index contributed by atoms with van der Waals surface area (Å²) in [6, 6.07) is 10.9. The number of rotatable bonds is 5. The van der Waals surface area contributed by atoms with Crippen LogP contribution in [0.4, 0.5) is 0 Å². The Labute approximate surface area is 177 Å². The van der Waals surface area contributed by atoms with Crippen molar-refractivity contribution < 1.29 is 4.74 Å². The molecule has 0 amide bonds. The van der Waals surface area contributed by atoms with Crippen LogP contribution in [0.5, 0.6) is 5.88 Å². The van der Waals surface area contributed by atoms with Crippen LogP contribution in [0.15, 0.2) is 30.3 Å². The van der Waals surface area contributed by atoms with Crippen molar-refractivity contribution in [1.82, 2.24) is 30.0 Å². The fourth-order valence-corrected chi connectivity index (χ4v) is 4.87. The molecule has 5 rings (SSSR count). The van der Waals surface area contributed by atoms with Gasteiger partial charge in [-0.3, -0.25) is 4.90 Å². The summed E-state index contributed by atoms with van der Waals surface area (Å²) in [5.41, 5.74) is 2.83. The summed E-state index contributed by atoms with van der Waals surface area (Å²) in [6.07, 6.45) is 4.25. The van der Waals surface area contributed by atoms with Crippen LogP contribution in [0, 0.1) is 0 Å². The monoisotopic (exact) mass is 406 g/mol. The lowest BCUT2D eigenvalue weighted by atomic mass is 9.94. The fraction of sp³-hybridized carbons (Fsp3) is 0.522. The number of hydrogen-bond acceptors (Lipinski definition) is 6. The number of nitrogens with one attached hydrogen (secondary N) is 1. The number of benzene rings is 1. The molecule has 7 heteroatoms. The first-order valence-corrected chi connectivity index (χ1v) is 11.1. The van der Waals surface area contributed by atoms with Crippen molar-refractivity contribution in [2.24, 2.45) is 0 Å². The average molecular weight is 407 g/mol. The quantitative estimate of drug-likeness (QED) is 0.703. The highest BCUT2D eigenvalue weighted by Gasteiger charge is 2.30. The Hall–Kier alpha value is -2.51. The van der Waals surface area contributed by atoms with E-state index in [4.69, 9.17) is 19.8 Å². The molecule has 2 saturated heterocycles. The number of fused-ring (bicyclic) bond motifs is 1. The van der Waals surface area contributed by atoms with Crippen LogP contribution in [-0.2, 0) is 6.42 Å². The molecule has 0 bridgehead atoms. The predicted octanol–water partition coefficient (Wildman–Crippen LogP) is 2.93. The second-order valence-corrected chi connectivity index (χ2v) is 8.29. The Bertz CT molecular complexity index is 1000. The maximum atomic E-state index is 5.73. The first-order valence-electron chi connectivity index (χ1n) is 11.1. The molecule has 0 saturated carbocycles. The van der Waals surface area contributed by atoms with Crippen molar-refractivity contribution in [3.05, 3.63) is 41.9 Å². The van der Waals surface area contributed by atoms with Gasteiger partial charge in [-0.1, -0.05) is 25.1 Å². The summed E-state index contributed by atoms with van der Waals surface area (Å²) in [4.78, 5) is 12.6. The molecule has 7 nitrogen and oxygen atoms in total. The molecule has 0 aliphatic carbocycles. The molecule has 1 aromatic carbocycles. The van der Waals surface area contributed by atoms with Gasteiger partial charge in [0.25, 0.3) is 0 Å². The average Bonchev–Trinajstić information content (AvgIpc) is 3.47. The largest absolute Gasteiger partial charge is 0.480 e. The Kier molecular flexibility index (Phi) is 5.39. The van der Waals surface area contributed by atoms with Crippen molar-refractivity contribution in [3.63, 3.8) is 0 Å². The smallest absolute Gasteiger partial charge is 0.228 e. The number of methoxy groups -OCH3 is 1. The second kappa shape index (κ2) is 8.32. The van der Waals surface area contributed by atoms with E-state index in [9.17, 15) is 0 Å². The zero-order valence-electron chi connectivity index (χ0n) is 17.8. The van der Waals surface area contributed by atoms with Crippen molar-refractivity contribution in [2.75, 3.05) is 33.3 Å². The molecule has 158 valence electrons. The molecule has 2 aromatic heterocycles. The van der Waals surface area contributed by atoms with E-state index in [1.807, 2.05) is 22.9 Å². The van der Waals surface area contributed by atoms with Crippen molar-refractivity contribution in [2.45, 2.75) is 44.6 Å². The van der Waals surface area contributed by atoms with Gasteiger partial charge in [-0.25, -0.2) is 9.67 Å². The van der Waals surface area contributed by atoms with Gasteiger partial charge in [-0.2, -0.15) is 10.1 Å². The number of hydrogen-bond donors (Lipinski definition) is 1. The number of nitrogens with zero attached hydrogens (tertiary/aromatic N) is 5. The predicted molar refractivity (Wildman–Crippen MR) is 117 cm³/mol. The van der Waals surface area contributed by atoms with E-state index in [0.717, 1.165) is 73.7 Å². The molecule has 0 spiro atoms. The minimum absolute atomic E-state index is 0.359. The molecule has 1 N–H and O–H groups in total. The van der Waals surface area contributed by atoms with Crippen molar-refractivity contribution in [1.29, 1.82) is 0 Å². The van der Waals surface area contributed by atoms with E-state index in [1.165, 1.54) is 6.42 Å². The van der Waals surface area contributed by atoms with Gasteiger partial charge >= 0.3 is 0 Å². The van der Waals surface area contributed by atoms with Crippen LogP contribution in [0.25, 0.3) is 16.7 Å². The molecule has 2 aliphatic rings. The molecular weight excluding hydrogens is 376 g/mol. The van der Waals surface area contributed by atoms with Crippen LogP contribution in [0.2, 0.25) is 0 Å². The molecule has 2 aliphatic heterocycles. The normalized spacial score (nSPS) is 20.8. The third-order valence-electron chi connectivity index (χ3n) is 6.56. The van der Waals surface area contributed by atoms with Crippen molar-refractivity contribution in [3.8, 4) is 11.6 Å². The first kappa shape index (κ1) is 19.5. The highest BCUT2D eigenvalue weighted by atomic mass is 16.5. The Morgan fingerprint density at radius 3 is 2.57 bits per heavy atom. The van der Waals surface area contributed by atoms with E-state index in [-0.39, 0.29) is 0 Å². The third kappa shape index (κ3) is 3.46. The van der Waals surface area contributed by atoms with Gasteiger partial charge in [-0.05, 0) is 57.5 Å². The highest BCUT2D eigenvalue weighted by molar-refractivity contribution is 5.85. The number of aryl methyl sites for hydroxylation is 1. The SMILES string of the molecule is CCc1nn(-c2ccccc2)c2nc(C3CCN(C4CCNC4)CC3)nc(OC)c12. The number of ether oxygens (including phenoxy) is 1. The van der Waals surface area contributed by atoms with Crippen LogP contribution in [0.3, 0.4) is 0 Å². The summed E-state index contributed by atoms with van der Waals surface area (Å²) >= 11 is 0. The Morgan fingerprint density at radius 2 is 1.90 bits per heavy atom. The van der Waals surface area contributed by atoms with Gasteiger partial charge in [0.2, 0.25) is 5.88 Å². The van der Waals surface area contributed by atoms with Crippen LogP contribution < -0.4 is 10.1 Å². The van der Waals surface area contributed by atoms with Gasteiger partial charge < -0.3 is 10.1 Å². The van der Waals surface area contributed by atoms with Gasteiger partial charge in [0.1, 0.15) is 11.2 Å². The minimum atomic E-state index is 0.359. The molecule has 3 aromatic rings. The maximum absolute atomic E-state index is 5.73. The maximum Gasteiger partial charge on any atom is 0.228 e. The van der Waals surface area contributed by atoms with E-state index in [1.54, 1.807) is 7.11 Å². The van der Waals surface area contributed by atoms with Crippen LogP contribution in [-0.4, -0.2) is 64.0 Å². The van der Waals surface area contributed by atoms with Gasteiger partial charge in [-0.15, -0.1) is 0 Å². The van der Waals surface area contributed by atoms with Gasteiger partial charge in [0.15, 0.2) is 5.65 Å². The Morgan fingerprint density at radius 1 is 1.10 bits per heavy atom. The summed E-state index contributed by atoms with van der Waals surface area (Å²) in [5.74, 6) is 1.90. The zero-order valence-corrected chi connectivity index (χ0v) is 17.8. The molecule has 30 heavy (non-hydrogen) atoms. The number of para-hydroxylation sites is 1. The number of piperidine rings is 1. The summed E-state index contributed by atoms with van der Waals surface area (Å²) in [5, 5.41) is 9.27. The molecule has 1 unspecified atom stereocenters. The fourth-order valence-electron chi connectivity index (χ4n) is 4.87.